The minimum Gasteiger partial charge on any atom is -0.300 e. The molecule has 0 heterocycles. The van der Waals surface area contributed by atoms with Gasteiger partial charge in [-0.3, -0.25) is 0 Å². The molecule has 12 heavy (non-hydrogen) atoms. The number of nitrogens with zero attached hydrogens (tertiary/aromatic N) is 1. The molecule has 1 rings (SSSR count). The van der Waals surface area contributed by atoms with Crippen LogP contribution in [0, 0.1) is 11.3 Å². The summed E-state index contributed by atoms with van der Waals surface area (Å²) in [6.45, 7) is 1.09. The summed E-state index contributed by atoms with van der Waals surface area (Å²) in [4.78, 5) is 0. The number of rotatable bonds is 3. The first-order chi connectivity index (χ1) is 5.83. The number of halogens is 1. The zero-order chi connectivity index (χ0) is 8.81. The minimum atomic E-state index is 0.378. The molecule has 1 aromatic carbocycles. The average Bonchev–Trinajstić information content (AvgIpc) is 2.09. The highest BCUT2D eigenvalue weighted by molar-refractivity contribution is 6.30. The first kappa shape index (κ1) is 9.05. The maximum absolute atomic E-state index is 8.25. The van der Waals surface area contributed by atoms with Crippen LogP contribution in [0.25, 0.3) is 0 Å². The lowest BCUT2D eigenvalue weighted by atomic mass is 10.2. The van der Waals surface area contributed by atoms with Crippen molar-refractivity contribution < 1.29 is 0 Å². The molecule has 0 saturated heterocycles. The Morgan fingerprint density at radius 1 is 1.33 bits per heavy atom. The lowest BCUT2D eigenvalue weighted by Gasteiger charge is -1.99. The Balaban J connectivity index is 2.43. The quantitative estimate of drug-likeness (QED) is 0.570. The molecule has 0 spiro atoms. The first-order valence-electron chi connectivity index (χ1n) is 3.65. The van der Waals surface area contributed by atoms with Crippen molar-refractivity contribution in [2.75, 3.05) is 6.54 Å². The Labute approximate surface area is 76.8 Å². The van der Waals surface area contributed by atoms with Crippen LogP contribution in [0.15, 0.2) is 24.3 Å². The van der Waals surface area contributed by atoms with Gasteiger partial charge in [-0.25, -0.2) is 0 Å². The van der Waals surface area contributed by atoms with Gasteiger partial charge in [-0.2, -0.15) is 5.26 Å². The van der Waals surface area contributed by atoms with Crippen LogP contribution in [0.4, 0.5) is 0 Å². The molecule has 62 valence electrons. The highest BCUT2D eigenvalue weighted by Gasteiger charge is 1.91. The predicted molar refractivity (Wildman–Crippen MR) is 48.8 cm³/mol. The van der Waals surface area contributed by atoms with E-state index in [1.54, 1.807) is 0 Å². The standard InChI is InChI=1S/C9H9ClN2/c10-9-3-1-8(2-4-9)7-12-6-5-11/h1-4,12H,6-7H2. The van der Waals surface area contributed by atoms with E-state index in [4.69, 9.17) is 16.9 Å². The van der Waals surface area contributed by atoms with Crippen molar-refractivity contribution in [3.63, 3.8) is 0 Å². The van der Waals surface area contributed by atoms with Crippen molar-refractivity contribution in [2.45, 2.75) is 6.54 Å². The molecule has 0 aliphatic rings. The highest BCUT2D eigenvalue weighted by Crippen LogP contribution is 2.08. The minimum absolute atomic E-state index is 0.378. The van der Waals surface area contributed by atoms with E-state index >= 15 is 0 Å². The molecule has 0 unspecified atom stereocenters. The highest BCUT2D eigenvalue weighted by atomic mass is 35.5. The molecule has 0 atom stereocenters. The summed E-state index contributed by atoms with van der Waals surface area (Å²) in [5.41, 5.74) is 1.13. The molecular weight excluding hydrogens is 172 g/mol. The summed E-state index contributed by atoms with van der Waals surface area (Å²) in [6.07, 6.45) is 0. The van der Waals surface area contributed by atoms with Crippen LogP contribution in [0.3, 0.4) is 0 Å². The fraction of sp³-hybridized carbons (Fsp3) is 0.222. The van der Waals surface area contributed by atoms with E-state index in [1.807, 2.05) is 30.3 Å². The first-order valence-corrected chi connectivity index (χ1v) is 4.03. The molecular formula is C9H9ClN2. The Morgan fingerprint density at radius 2 is 2.00 bits per heavy atom. The normalized spacial score (nSPS) is 9.33. The molecule has 0 saturated carbocycles. The molecule has 0 radical (unpaired) electrons. The van der Waals surface area contributed by atoms with Crippen molar-refractivity contribution in [2.24, 2.45) is 0 Å². The van der Waals surface area contributed by atoms with E-state index in [-0.39, 0.29) is 0 Å². The van der Waals surface area contributed by atoms with Crippen molar-refractivity contribution in [3.05, 3.63) is 34.9 Å². The average molecular weight is 181 g/mol. The van der Waals surface area contributed by atoms with E-state index < -0.39 is 0 Å². The summed E-state index contributed by atoms with van der Waals surface area (Å²) < 4.78 is 0. The third kappa shape index (κ3) is 2.91. The molecule has 0 bridgehead atoms. The Hall–Kier alpha value is -1.04. The van der Waals surface area contributed by atoms with Gasteiger partial charge < -0.3 is 5.32 Å². The van der Waals surface area contributed by atoms with Gasteiger partial charge in [0.05, 0.1) is 12.6 Å². The van der Waals surface area contributed by atoms with Crippen molar-refractivity contribution in [3.8, 4) is 6.07 Å². The van der Waals surface area contributed by atoms with Gasteiger partial charge >= 0.3 is 0 Å². The summed E-state index contributed by atoms with van der Waals surface area (Å²) in [5, 5.41) is 12.0. The summed E-state index contributed by atoms with van der Waals surface area (Å²) in [5.74, 6) is 0. The molecule has 2 nitrogen and oxygen atoms in total. The van der Waals surface area contributed by atoms with Gasteiger partial charge in [0.2, 0.25) is 0 Å². The SMILES string of the molecule is N#CCNCc1ccc(Cl)cc1. The van der Waals surface area contributed by atoms with E-state index in [0.29, 0.717) is 13.1 Å². The van der Waals surface area contributed by atoms with Gasteiger partial charge in [0.25, 0.3) is 0 Å². The second-order valence-corrected chi connectivity index (χ2v) is 2.82. The fourth-order valence-corrected chi connectivity index (χ4v) is 0.991. The molecule has 0 amide bonds. The van der Waals surface area contributed by atoms with Crippen LogP contribution in [0.1, 0.15) is 5.56 Å². The number of nitriles is 1. The van der Waals surface area contributed by atoms with Gasteiger partial charge in [0, 0.05) is 11.6 Å². The Kier molecular flexibility index (Phi) is 3.59. The van der Waals surface area contributed by atoms with Crippen molar-refractivity contribution in [1.29, 1.82) is 5.26 Å². The van der Waals surface area contributed by atoms with E-state index in [2.05, 4.69) is 5.32 Å². The zero-order valence-corrected chi connectivity index (χ0v) is 7.30. The predicted octanol–water partition coefficient (Wildman–Crippen LogP) is 1.95. The van der Waals surface area contributed by atoms with Crippen molar-refractivity contribution >= 4 is 11.6 Å². The van der Waals surface area contributed by atoms with Crippen LogP contribution in [0.5, 0.6) is 0 Å². The summed E-state index contributed by atoms with van der Waals surface area (Å²) in [7, 11) is 0. The van der Waals surface area contributed by atoms with Gasteiger partial charge in [0.15, 0.2) is 0 Å². The fourth-order valence-electron chi connectivity index (χ4n) is 0.865. The second kappa shape index (κ2) is 4.76. The van der Waals surface area contributed by atoms with Crippen LogP contribution in [-0.2, 0) is 6.54 Å². The summed E-state index contributed by atoms with van der Waals surface area (Å²) >= 11 is 5.70. The zero-order valence-electron chi connectivity index (χ0n) is 6.55. The number of nitrogens with one attached hydrogen (secondary N) is 1. The van der Waals surface area contributed by atoms with Crippen molar-refractivity contribution in [1.82, 2.24) is 5.32 Å². The molecule has 0 aliphatic heterocycles. The molecule has 3 heteroatoms. The van der Waals surface area contributed by atoms with Gasteiger partial charge in [0.1, 0.15) is 0 Å². The topological polar surface area (TPSA) is 35.8 Å². The van der Waals surface area contributed by atoms with Gasteiger partial charge in [-0.1, -0.05) is 23.7 Å². The molecule has 0 aromatic heterocycles. The maximum Gasteiger partial charge on any atom is 0.0843 e. The Morgan fingerprint density at radius 3 is 2.58 bits per heavy atom. The molecule has 0 aliphatic carbocycles. The molecule has 0 fully saturated rings. The Bertz CT molecular complexity index is 274. The van der Waals surface area contributed by atoms with Gasteiger partial charge in [-0.05, 0) is 17.7 Å². The smallest absolute Gasteiger partial charge is 0.0843 e. The third-order valence-corrected chi connectivity index (χ3v) is 1.70. The number of benzene rings is 1. The maximum atomic E-state index is 8.25. The van der Waals surface area contributed by atoms with Crippen LogP contribution in [-0.4, -0.2) is 6.54 Å². The van der Waals surface area contributed by atoms with E-state index in [9.17, 15) is 0 Å². The lowest BCUT2D eigenvalue weighted by Crippen LogP contribution is -2.12. The monoisotopic (exact) mass is 180 g/mol. The second-order valence-electron chi connectivity index (χ2n) is 2.39. The lowest BCUT2D eigenvalue weighted by molar-refractivity contribution is 0.765. The van der Waals surface area contributed by atoms with Crippen LogP contribution < -0.4 is 5.32 Å². The largest absolute Gasteiger partial charge is 0.300 e. The van der Waals surface area contributed by atoms with Crippen LogP contribution >= 0.6 is 11.6 Å². The number of hydrogen-bond acceptors (Lipinski definition) is 2. The molecule has 1 aromatic rings. The van der Waals surface area contributed by atoms with E-state index in [0.717, 1.165) is 10.6 Å². The van der Waals surface area contributed by atoms with E-state index in [1.165, 1.54) is 0 Å². The van der Waals surface area contributed by atoms with Crippen LogP contribution in [0.2, 0.25) is 5.02 Å². The van der Waals surface area contributed by atoms with Gasteiger partial charge in [-0.15, -0.1) is 0 Å². The number of hydrogen-bond donors (Lipinski definition) is 1. The summed E-state index contributed by atoms with van der Waals surface area (Å²) in [6, 6.07) is 9.56. The third-order valence-electron chi connectivity index (χ3n) is 1.45. The molecule has 1 N–H and O–H groups in total.